The zero-order chi connectivity index (χ0) is 24.2. The highest BCUT2D eigenvalue weighted by Gasteiger charge is 2.15. The van der Waals surface area contributed by atoms with E-state index in [0.717, 1.165) is 5.56 Å². The number of nitriles is 2. The van der Waals surface area contributed by atoms with Crippen molar-refractivity contribution < 1.29 is 14.3 Å². The van der Waals surface area contributed by atoms with Crippen LogP contribution in [0.15, 0.2) is 41.4 Å². The number of guanidine groups is 1. The Kier molecular flexibility index (Phi) is 9.35. The van der Waals surface area contributed by atoms with E-state index in [4.69, 9.17) is 14.7 Å². The summed E-state index contributed by atoms with van der Waals surface area (Å²) in [5.74, 6) is 1.19. The van der Waals surface area contributed by atoms with E-state index in [2.05, 4.69) is 32.3 Å². The van der Waals surface area contributed by atoms with Crippen molar-refractivity contribution in [3.05, 3.63) is 53.1 Å². The fourth-order valence-corrected chi connectivity index (χ4v) is 2.99. The second-order valence-corrected chi connectivity index (χ2v) is 6.98. The van der Waals surface area contributed by atoms with E-state index < -0.39 is 0 Å². The molecular weight excluding hydrogens is 422 g/mol. The fourth-order valence-electron chi connectivity index (χ4n) is 2.99. The number of aliphatic imine (C=N–C) groups is 1. The third-order valence-electron chi connectivity index (χ3n) is 4.67. The van der Waals surface area contributed by atoms with Crippen LogP contribution in [0.4, 0.5) is 5.69 Å². The van der Waals surface area contributed by atoms with Crippen LogP contribution in [0.25, 0.3) is 0 Å². The van der Waals surface area contributed by atoms with Gasteiger partial charge in [0.1, 0.15) is 0 Å². The molecule has 0 aliphatic heterocycles. The number of anilines is 1. The van der Waals surface area contributed by atoms with Crippen LogP contribution in [0.1, 0.15) is 28.4 Å². The summed E-state index contributed by atoms with van der Waals surface area (Å²) in [5.41, 5.74) is 2.14. The number of hydrogen-bond acceptors (Lipinski definition) is 7. The second-order valence-electron chi connectivity index (χ2n) is 6.98. The molecule has 2 aromatic rings. The minimum atomic E-state index is -0.327. The maximum absolute atomic E-state index is 13.0. The van der Waals surface area contributed by atoms with Crippen LogP contribution in [-0.2, 0) is 6.54 Å². The predicted octanol–water partition coefficient (Wildman–Crippen LogP) is 1.95. The summed E-state index contributed by atoms with van der Waals surface area (Å²) < 4.78 is 10.5. The van der Waals surface area contributed by atoms with Crippen molar-refractivity contribution in [2.75, 3.05) is 33.1 Å². The lowest BCUT2D eigenvalue weighted by Crippen LogP contribution is -2.40. The molecule has 0 radical (unpaired) electrons. The van der Waals surface area contributed by atoms with Crippen LogP contribution in [-0.4, -0.2) is 45.7 Å². The Hall–Kier alpha value is -4.44. The summed E-state index contributed by atoms with van der Waals surface area (Å²) in [6.07, 6.45) is 1.81. The molecule has 0 fully saturated rings. The molecule has 33 heavy (non-hydrogen) atoms. The van der Waals surface area contributed by atoms with Crippen molar-refractivity contribution in [3.63, 3.8) is 0 Å². The second kappa shape index (κ2) is 12.4. The number of rotatable bonds is 9. The van der Waals surface area contributed by atoms with Crippen LogP contribution in [0.3, 0.4) is 0 Å². The topological polar surface area (TPSA) is 144 Å². The first-order valence-electron chi connectivity index (χ1n) is 10.1. The van der Waals surface area contributed by atoms with Gasteiger partial charge in [0.25, 0.3) is 5.91 Å². The maximum atomic E-state index is 13.0. The highest BCUT2D eigenvalue weighted by Crippen LogP contribution is 2.27. The van der Waals surface area contributed by atoms with Crippen LogP contribution in [0.5, 0.6) is 11.5 Å². The number of nitrogens with zero attached hydrogens (tertiary/aromatic N) is 3. The summed E-state index contributed by atoms with van der Waals surface area (Å²) in [4.78, 5) is 16.9. The van der Waals surface area contributed by atoms with E-state index in [1.807, 2.05) is 19.2 Å². The van der Waals surface area contributed by atoms with Crippen molar-refractivity contribution in [1.82, 2.24) is 16.0 Å². The van der Waals surface area contributed by atoms with Gasteiger partial charge in [-0.15, -0.1) is 0 Å². The van der Waals surface area contributed by atoms with E-state index in [1.54, 1.807) is 51.6 Å². The van der Waals surface area contributed by atoms with Gasteiger partial charge in [0.2, 0.25) is 5.96 Å². The highest BCUT2D eigenvalue weighted by molar-refractivity contribution is 6.00. The SMILES string of the molecule is CN=C(NC#N)NC[C@H](C)Nc1ccc(C#N)cc1C(=O)NCc1ccc(OC)c(OC)c1. The molecule has 0 bridgehead atoms. The van der Waals surface area contributed by atoms with Crippen molar-refractivity contribution >= 4 is 17.6 Å². The Balaban J connectivity index is 2.12. The number of nitrogens with one attached hydrogen (secondary N) is 4. The molecule has 0 aliphatic rings. The largest absolute Gasteiger partial charge is 0.493 e. The summed E-state index contributed by atoms with van der Waals surface area (Å²) in [7, 11) is 4.67. The third kappa shape index (κ3) is 7.04. The van der Waals surface area contributed by atoms with Gasteiger partial charge in [-0.05, 0) is 42.8 Å². The van der Waals surface area contributed by atoms with E-state index >= 15 is 0 Å². The van der Waals surface area contributed by atoms with Crippen LogP contribution >= 0.6 is 0 Å². The van der Waals surface area contributed by atoms with Crippen LogP contribution < -0.4 is 30.7 Å². The Morgan fingerprint density at radius 3 is 2.48 bits per heavy atom. The average Bonchev–Trinajstić information content (AvgIpc) is 2.84. The molecule has 10 nitrogen and oxygen atoms in total. The van der Waals surface area contributed by atoms with Gasteiger partial charge in [-0.3, -0.25) is 15.1 Å². The molecule has 0 aliphatic carbocycles. The zero-order valence-electron chi connectivity index (χ0n) is 19.0. The molecule has 1 atom stereocenters. The fraction of sp³-hybridized carbons (Fsp3) is 0.304. The minimum absolute atomic E-state index is 0.118. The van der Waals surface area contributed by atoms with E-state index in [0.29, 0.717) is 40.8 Å². The molecule has 2 rings (SSSR count). The zero-order valence-corrected chi connectivity index (χ0v) is 19.0. The Bertz CT molecular complexity index is 1090. The van der Waals surface area contributed by atoms with Gasteiger partial charge >= 0.3 is 0 Å². The lowest BCUT2D eigenvalue weighted by atomic mass is 10.1. The Morgan fingerprint density at radius 2 is 1.85 bits per heavy atom. The van der Waals surface area contributed by atoms with Gasteiger partial charge in [0.05, 0.1) is 31.4 Å². The molecule has 0 spiro atoms. The lowest BCUT2D eigenvalue weighted by Gasteiger charge is -2.19. The number of carbonyl (C=O) groups excluding carboxylic acids is 1. The summed E-state index contributed by atoms with van der Waals surface area (Å²) in [5, 5.41) is 29.6. The van der Waals surface area contributed by atoms with Crippen molar-refractivity contribution in [2.45, 2.75) is 19.5 Å². The van der Waals surface area contributed by atoms with Crippen LogP contribution in [0.2, 0.25) is 0 Å². The number of ether oxygens (including phenoxy) is 2. The van der Waals surface area contributed by atoms with Gasteiger partial charge in [-0.25, -0.2) is 0 Å². The van der Waals surface area contributed by atoms with Gasteiger partial charge in [-0.2, -0.15) is 10.5 Å². The molecule has 10 heteroatoms. The molecule has 0 saturated carbocycles. The Morgan fingerprint density at radius 1 is 1.09 bits per heavy atom. The molecule has 0 unspecified atom stereocenters. The number of hydrogen-bond donors (Lipinski definition) is 4. The van der Waals surface area contributed by atoms with E-state index in [-0.39, 0.29) is 18.5 Å². The van der Waals surface area contributed by atoms with Gasteiger partial charge < -0.3 is 25.4 Å². The minimum Gasteiger partial charge on any atom is -0.493 e. The predicted molar refractivity (Wildman–Crippen MR) is 125 cm³/mol. The molecule has 172 valence electrons. The maximum Gasteiger partial charge on any atom is 0.253 e. The third-order valence-corrected chi connectivity index (χ3v) is 4.67. The number of methoxy groups -OCH3 is 2. The average molecular weight is 450 g/mol. The van der Waals surface area contributed by atoms with E-state index in [9.17, 15) is 10.1 Å². The molecule has 0 heterocycles. The first-order valence-corrected chi connectivity index (χ1v) is 10.1. The highest BCUT2D eigenvalue weighted by atomic mass is 16.5. The summed E-state index contributed by atoms with van der Waals surface area (Å²) in [6, 6.07) is 12.2. The van der Waals surface area contributed by atoms with Crippen molar-refractivity contribution in [2.24, 2.45) is 4.99 Å². The van der Waals surface area contributed by atoms with Crippen LogP contribution in [0, 0.1) is 22.8 Å². The first kappa shape index (κ1) is 24.8. The molecular formula is C23H27N7O3. The molecule has 1 amide bonds. The van der Waals surface area contributed by atoms with Gasteiger partial charge in [-0.1, -0.05) is 6.07 Å². The summed E-state index contributed by atoms with van der Waals surface area (Å²) >= 11 is 0. The number of amides is 1. The quantitative estimate of drug-likeness (QED) is 0.197. The molecule has 0 aromatic heterocycles. The Labute approximate surface area is 193 Å². The normalized spacial score (nSPS) is 11.4. The van der Waals surface area contributed by atoms with Gasteiger partial charge in [0.15, 0.2) is 17.7 Å². The van der Waals surface area contributed by atoms with Crippen molar-refractivity contribution in [3.8, 4) is 23.8 Å². The molecule has 2 aromatic carbocycles. The van der Waals surface area contributed by atoms with Crippen molar-refractivity contribution in [1.29, 1.82) is 10.5 Å². The first-order chi connectivity index (χ1) is 15.9. The standard InChI is InChI=1S/C23H27N7O3/c1-15(12-28-23(26-2)29-14-25)30-19-7-5-16(11-24)9-18(19)22(31)27-13-17-6-8-20(32-3)21(10-17)33-4/h5-10,15,30H,12-13H2,1-4H3,(H,27,31)(H2,26,28,29)/t15-/m0/s1. The summed E-state index contributed by atoms with van der Waals surface area (Å²) in [6.45, 7) is 2.62. The lowest BCUT2D eigenvalue weighted by molar-refractivity contribution is 0.0951. The molecule has 0 saturated heterocycles. The molecule has 4 N–H and O–H groups in total. The number of benzene rings is 2. The monoisotopic (exact) mass is 449 g/mol. The smallest absolute Gasteiger partial charge is 0.253 e. The number of carbonyl (C=O) groups is 1. The van der Waals surface area contributed by atoms with E-state index in [1.165, 1.54) is 0 Å². The van der Waals surface area contributed by atoms with Gasteiger partial charge in [0, 0.05) is 31.9 Å².